The third-order valence-corrected chi connectivity index (χ3v) is 2.17. The van der Waals surface area contributed by atoms with E-state index in [-0.39, 0.29) is 0 Å². The van der Waals surface area contributed by atoms with E-state index in [1.165, 1.54) is 12.8 Å². The first kappa shape index (κ1) is 13.0. The normalized spacial score (nSPS) is 12.2. The average Bonchev–Trinajstić information content (AvgIpc) is 2.16. The highest BCUT2D eigenvalue weighted by molar-refractivity contribution is 5.86. The molecule has 0 saturated carbocycles. The van der Waals surface area contributed by atoms with Gasteiger partial charge in [0.2, 0.25) is 0 Å². The van der Waals surface area contributed by atoms with E-state index in [2.05, 4.69) is 6.92 Å². The van der Waals surface area contributed by atoms with Gasteiger partial charge in [-0.3, -0.25) is 0 Å². The van der Waals surface area contributed by atoms with Crippen LogP contribution in [0.4, 0.5) is 0 Å². The number of carboxylic acids is 1. The average molecular weight is 200 g/mol. The van der Waals surface area contributed by atoms with Crippen LogP contribution in [0.5, 0.6) is 0 Å². The highest BCUT2D eigenvalue weighted by Gasteiger charge is 2.05. The molecule has 3 nitrogen and oxygen atoms in total. The summed E-state index contributed by atoms with van der Waals surface area (Å²) in [6.07, 6.45) is 4.56. The molecule has 1 N–H and O–H groups in total. The van der Waals surface area contributed by atoms with Gasteiger partial charge in [0.15, 0.2) is 0 Å². The maximum absolute atomic E-state index is 10.5. The Hall–Kier alpha value is -0.990. The van der Waals surface area contributed by atoms with Gasteiger partial charge in [0, 0.05) is 0 Å². The Kier molecular flexibility index (Phi) is 6.89. The lowest BCUT2D eigenvalue weighted by atomic mass is 10.2. The van der Waals surface area contributed by atoms with E-state index >= 15 is 0 Å². The van der Waals surface area contributed by atoms with Crippen molar-refractivity contribution in [1.29, 1.82) is 0 Å². The summed E-state index contributed by atoms with van der Waals surface area (Å²) in [4.78, 5) is 10.5. The molecule has 0 fully saturated rings. The van der Waals surface area contributed by atoms with Crippen molar-refractivity contribution < 1.29 is 14.6 Å². The number of rotatable bonds is 7. The summed E-state index contributed by atoms with van der Waals surface area (Å²) < 4.78 is 5.31. The van der Waals surface area contributed by atoms with Crippen LogP contribution < -0.4 is 0 Å². The maximum Gasteiger partial charge on any atom is 0.334 e. The zero-order valence-electron chi connectivity index (χ0n) is 9.30. The highest BCUT2D eigenvalue weighted by atomic mass is 16.5. The number of hydrogen-bond donors (Lipinski definition) is 1. The largest absolute Gasteiger partial charge is 0.498 e. The van der Waals surface area contributed by atoms with Crippen LogP contribution in [0.25, 0.3) is 0 Å². The number of aliphatic carboxylic acids is 1. The molecule has 0 unspecified atom stereocenters. The molecule has 0 saturated heterocycles. The molecule has 0 heterocycles. The Morgan fingerprint density at radius 3 is 2.36 bits per heavy atom. The minimum absolute atomic E-state index is 0.292. The molecule has 0 spiro atoms. The van der Waals surface area contributed by atoms with E-state index in [0.717, 1.165) is 12.8 Å². The van der Waals surface area contributed by atoms with Gasteiger partial charge in [0.25, 0.3) is 0 Å². The van der Waals surface area contributed by atoms with Crippen LogP contribution in [0.1, 0.15) is 46.5 Å². The first-order valence-electron chi connectivity index (χ1n) is 5.13. The number of unbranched alkanes of at least 4 members (excludes halogenated alkanes) is 3. The Morgan fingerprint density at radius 2 is 1.86 bits per heavy atom. The van der Waals surface area contributed by atoms with Crippen molar-refractivity contribution in [3.63, 3.8) is 0 Å². The fraction of sp³-hybridized carbons (Fsp3) is 0.727. The zero-order chi connectivity index (χ0) is 11.0. The summed E-state index contributed by atoms with van der Waals surface area (Å²) in [6, 6.07) is 0. The van der Waals surface area contributed by atoms with Crippen LogP contribution in [0, 0.1) is 0 Å². The molecular formula is C11H20O3. The minimum Gasteiger partial charge on any atom is -0.498 e. The van der Waals surface area contributed by atoms with Crippen molar-refractivity contribution in [1.82, 2.24) is 0 Å². The molecule has 0 amide bonds. The van der Waals surface area contributed by atoms with Gasteiger partial charge < -0.3 is 9.84 Å². The van der Waals surface area contributed by atoms with Gasteiger partial charge in [-0.1, -0.05) is 26.2 Å². The molecule has 0 aliphatic carbocycles. The molecule has 82 valence electrons. The molecule has 3 heteroatoms. The monoisotopic (exact) mass is 200 g/mol. The lowest BCUT2D eigenvalue weighted by Gasteiger charge is -2.07. The molecule has 0 bridgehead atoms. The van der Waals surface area contributed by atoms with E-state index in [9.17, 15) is 4.79 Å². The Labute approximate surface area is 85.8 Å². The van der Waals surface area contributed by atoms with Crippen LogP contribution in [0.3, 0.4) is 0 Å². The molecule has 0 radical (unpaired) electrons. The lowest BCUT2D eigenvalue weighted by molar-refractivity contribution is -0.132. The Morgan fingerprint density at radius 1 is 1.21 bits per heavy atom. The van der Waals surface area contributed by atoms with Crippen LogP contribution in [-0.2, 0) is 9.53 Å². The highest BCUT2D eigenvalue weighted by Crippen LogP contribution is 2.07. The van der Waals surface area contributed by atoms with E-state index < -0.39 is 5.97 Å². The quantitative estimate of drug-likeness (QED) is 0.390. The van der Waals surface area contributed by atoms with Gasteiger partial charge in [0.05, 0.1) is 12.2 Å². The third-order valence-electron chi connectivity index (χ3n) is 2.17. The topological polar surface area (TPSA) is 46.5 Å². The second kappa shape index (κ2) is 7.42. The summed E-state index contributed by atoms with van der Waals surface area (Å²) in [5.41, 5.74) is 0.292. The van der Waals surface area contributed by atoms with Gasteiger partial charge in [-0.2, -0.15) is 0 Å². The fourth-order valence-corrected chi connectivity index (χ4v) is 1.01. The first-order valence-corrected chi connectivity index (χ1v) is 5.13. The number of allylic oxidation sites excluding steroid dienone is 1. The standard InChI is InChI=1S/C11H20O3/c1-4-5-6-7-8-14-10(3)9(2)11(12)13/h4-8H2,1-3H3,(H,12,13)/b10-9+. The van der Waals surface area contributed by atoms with E-state index in [1.807, 2.05) is 0 Å². The molecule has 0 aromatic rings. The zero-order valence-corrected chi connectivity index (χ0v) is 9.30. The number of hydrogen-bond acceptors (Lipinski definition) is 2. The predicted molar refractivity (Wildman–Crippen MR) is 56.1 cm³/mol. The van der Waals surface area contributed by atoms with E-state index in [1.54, 1.807) is 13.8 Å². The Bertz CT molecular complexity index is 207. The van der Waals surface area contributed by atoms with Crippen molar-refractivity contribution >= 4 is 5.97 Å². The molecule has 0 rings (SSSR count). The van der Waals surface area contributed by atoms with E-state index in [0.29, 0.717) is 17.9 Å². The van der Waals surface area contributed by atoms with Crippen LogP contribution in [0.2, 0.25) is 0 Å². The van der Waals surface area contributed by atoms with Crippen LogP contribution >= 0.6 is 0 Å². The molecule has 0 aromatic carbocycles. The van der Waals surface area contributed by atoms with Gasteiger partial charge in [0.1, 0.15) is 5.76 Å². The second-order valence-corrected chi connectivity index (χ2v) is 3.40. The van der Waals surface area contributed by atoms with Gasteiger partial charge >= 0.3 is 5.97 Å². The predicted octanol–water partition coefficient (Wildman–Crippen LogP) is 2.96. The second-order valence-electron chi connectivity index (χ2n) is 3.40. The third kappa shape index (κ3) is 5.62. The van der Waals surface area contributed by atoms with Crippen molar-refractivity contribution in [2.24, 2.45) is 0 Å². The van der Waals surface area contributed by atoms with Crippen LogP contribution in [-0.4, -0.2) is 17.7 Å². The summed E-state index contributed by atoms with van der Waals surface area (Å²) in [5.74, 6) is -0.384. The first-order chi connectivity index (χ1) is 6.59. The van der Waals surface area contributed by atoms with Gasteiger partial charge in [-0.25, -0.2) is 4.79 Å². The number of carbonyl (C=O) groups is 1. The summed E-state index contributed by atoms with van der Waals surface area (Å²) >= 11 is 0. The lowest BCUT2D eigenvalue weighted by Crippen LogP contribution is -2.03. The van der Waals surface area contributed by atoms with Gasteiger partial charge in [-0.05, 0) is 20.3 Å². The maximum atomic E-state index is 10.5. The van der Waals surface area contributed by atoms with Gasteiger partial charge in [-0.15, -0.1) is 0 Å². The Balaban J connectivity index is 3.68. The molecule has 0 atom stereocenters. The fourth-order valence-electron chi connectivity index (χ4n) is 1.01. The van der Waals surface area contributed by atoms with Crippen molar-refractivity contribution in [3.8, 4) is 0 Å². The van der Waals surface area contributed by atoms with Crippen molar-refractivity contribution in [2.45, 2.75) is 46.5 Å². The van der Waals surface area contributed by atoms with E-state index in [4.69, 9.17) is 9.84 Å². The summed E-state index contributed by atoms with van der Waals surface area (Å²) in [5, 5.41) is 8.66. The van der Waals surface area contributed by atoms with Crippen molar-refractivity contribution in [2.75, 3.05) is 6.61 Å². The van der Waals surface area contributed by atoms with Crippen molar-refractivity contribution in [3.05, 3.63) is 11.3 Å². The number of carboxylic acid groups (broad SMARTS) is 1. The SMILES string of the molecule is CCCCCCO/C(C)=C(\C)C(=O)O. The molecule has 0 aliphatic rings. The van der Waals surface area contributed by atoms with Crippen LogP contribution in [0.15, 0.2) is 11.3 Å². The minimum atomic E-state index is -0.906. The summed E-state index contributed by atoms with van der Waals surface area (Å²) in [6.45, 7) is 6.03. The molecule has 0 aromatic heterocycles. The summed E-state index contributed by atoms with van der Waals surface area (Å²) in [7, 11) is 0. The smallest absolute Gasteiger partial charge is 0.334 e. The number of ether oxygens (including phenoxy) is 1. The molecular weight excluding hydrogens is 180 g/mol. The molecule has 0 aliphatic heterocycles. The molecule has 14 heavy (non-hydrogen) atoms.